The van der Waals surface area contributed by atoms with Crippen LogP contribution in [0.1, 0.15) is 10.4 Å². The molecule has 0 amide bonds. The average molecular weight is 260 g/mol. The van der Waals surface area contributed by atoms with Gasteiger partial charge in [0.25, 0.3) is 0 Å². The van der Waals surface area contributed by atoms with Crippen molar-refractivity contribution in [3.63, 3.8) is 0 Å². The summed E-state index contributed by atoms with van der Waals surface area (Å²) in [5.74, 6) is -3.89. The van der Waals surface area contributed by atoms with Gasteiger partial charge in [-0.2, -0.15) is 0 Å². The van der Waals surface area contributed by atoms with E-state index < -0.39 is 23.3 Å². The second-order valence-corrected chi connectivity index (χ2v) is 4.26. The number of rotatable bonds is 3. The largest absolute Gasteiger partial charge is 0.508 e. The van der Waals surface area contributed by atoms with Gasteiger partial charge in [0.05, 0.1) is 0 Å². The molecule has 2 rings (SSSR count). The lowest BCUT2D eigenvalue weighted by atomic mass is 9.78. The van der Waals surface area contributed by atoms with Crippen molar-refractivity contribution in [2.45, 2.75) is 5.60 Å². The van der Waals surface area contributed by atoms with Crippen LogP contribution in [0, 0.1) is 5.92 Å². The molecule has 0 heterocycles. The number of benzene rings is 1. The Morgan fingerprint density at radius 1 is 1.16 bits per heavy atom. The molecule has 5 nitrogen and oxygen atoms in total. The van der Waals surface area contributed by atoms with Gasteiger partial charge < -0.3 is 15.3 Å². The quantitative estimate of drug-likeness (QED) is 0.712. The number of aliphatic hydroxyl groups excluding tert-OH is 1. The highest BCUT2D eigenvalue weighted by Crippen LogP contribution is 2.30. The third kappa shape index (κ3) is 2.28. The molecular weight excluding hydrogens is 248 g/mol. The van der Waals surface area contributed by atoms with Crippen LogP contribution in [-0.4, -0.2) is 32.7 Å². The van der Waals surface area contributed by atoms with Crippen LogP contribution in [0.3, 0.4) is 0 Å². The highest BCUT2D eigenvalue weighted by Gasteiger charge is 2.47. The summed E-state index contributed by atoms with van der Waals surface area (Å²) < 4.78 is 0. The zero-order valence-electron chi connectivity index (χ0n) is 9.85. The zero-order valence-corrected chi connectivity index (χ0v) is 9.85. The van der Waals surface area contributed by atoms with E-state index in [1.54, 1.807) is 18.2 Å². The standard InChI is InChI=1S/C14H12O5/c15-10-6-7-11(13(17)18)14(19,8-10)12(16)9-4-2-1-3-5-9/h1-8,11,15,19H,(H,17,18)/t11-,14-/m1/s1. The minimum Gasteiger partial charge on any atom is -0.508 e. The van der Waals surface area contributed by atoms with E-state index in [1.807, 2.05) is 0 Å². The first kappa shape index (κ1) is 13.0. The SMILES string of the molecule is O=C(O)[C@H]1C=CC(O)=C[C@]1(O)C(=O)c1ccccc1. The number of hydrogen-bond acceptors (Lipinski definition) is 4. The van der Waals surface area contributed by atoms with Crippen LogP contribution in [0.5, 0.6) is 0 Å². The van der Waals surface area contributed by atoms with Crippen LogP contribution < -0.4 is 0 Å². The summed E-state index contributed by atoms with van der Waals surface area (Å²) in [4.78, 5) is 23.4. The van der Waals surface area contributed by atoms with E-state index in [0.29, 0.717) is 0 Å². The van der Waals surface area contributed by atoms with E-state index in [2.05, 4.69) is 0 Å². The smallest absolute Gasteiger partial charge is 0.314 e. The summed E-state index contributed by atoms with van der Waals surface area (Å²) in [6.45, 7) is 0. The molecule has 1 aliphatic carbocycles. The van der Waals surface area contributed by atoms with Gasteiger partial charge in [0, 0.05) is 5.56 Å². The molecule has 19 heavy (non-hydrogen) atoms. The van der Waals surface area contributed by atoms with Gasteiger partial charge in [0.1, 0.15) is 11.7 Å². The number of carbonyl (C=O) groups excluding carboxylic acids is 1. The van der Waals surface area contributed by atoms with Gasteiger partial charge in [-0.25, -0.2) is 0 Å². The Balaban J connectivity index is 2.47. The van der Waals surface area contributed by atoms with Gasteiger partial charge in [-0.05, 0) is 12.2 Å². The number of aliphatic carboxylic acids is 1. The molecule has 0 bridgehead atoms. The number of Topliss-reactive ketones (excluding diaryl/α,β-unsaturated/α-hetero) is 1. The van der Waals surface area contributed by atoms with Crippen LogP contribution in [0.15, 0.2) is 54.3 Å². The summed E-state index contributed by atoms with van der Waals surface area (Å²) in [6, 6.07) is 7.86. The topological polar surface area (TPSA) is 94.8 Å². The highest BCUT2D eigenvalue weighted by molar-refractivity contribution is 6.06. The lowest BCUT2D eigenvalue weighted by Gasteiger charge is -2.30. The number of allylic oxidation sites excluding steroid dienone is 1. The highest BCUT2D eigenvalue weighted by atomic mass is 16.4. The molecule has 1 aliphatic rings. The number of carbonyl (C=O) groups is 2. The van der Waals surface area contributed by atoms with Crippen molar-refractivity contribution in [2.75, 3.05) is 0 Å². The molecule has 0 unspecified atom stereocenters. The summed E-state index contributed by atoms with van der Waals surface area (Å²) >= 11 is 0. The van der Waals surface area contributed by atoms with E-state index in [0.717, 1.165) is 18.2 Å². The Morgan fingerprint density at radius 2 is 1.79 bits per heavy atom. The van der Waals surface area contributed by atoms with Gasteiger partial charge in [-0.1, -0.05) is 36.4 Å². The molecule has 98 valence electrons. The summed E-state index contributed by atoms with van der Waals surface area (Å²) in [6.07, 6.45) is 3.10. The number of carboxylic acids is 1. The minimum absolute atomic E-state index is 0.176. The number of ketones is 1. The van der Waals surface area contributed by atoms with Crippen LogP contribution in [-0.2, 0) is 4.79 Å². The maximum atomic E-state index is 12.3. The maximum absolute atomic E-state index is 12.3. The van der Waals surface area contributed by atoms with E-state index in [9.17, 15) is 19.8 Å². The Labute approximate surface area is 109 Å². The molecule has 0 spiro atoms. The van der Waals surface area contributed by atoms with E-state index in [4.69, 9.17) is 5.11 Å². The average Bonchev–Trinajstić information content (AvgIpc) is 2.38. The molecule has 1 aromatic rings. The molecule has 0 saturated heterocycles. The van der Waals surface area contributed by atoms with E-state index in [-0.39, 0.29) is 11.3 Å². The summed E-state index contributed by atoms with van der Waals surface area (Å²) in [7, 11) is 0. The maximum Gasteiger partial charge on any atom is 0.314 e. The first-order valence-corrected chi connectivity index (χ1v) is 5.60. The summed E-state index contributed by atoms with van der Waals surface area (Å²) in [5, 5.41) is 28.9. The Kier molecular flexibility index (Phi) is 3.23. The molecule has 2 atom stereocenters. The molecule has 5 heteroatoms. The van der Waals surface area contributed by atoms with Crippen molar-refractivity contribution in [3.8, 4) is 0 Å². The molecule has 0 radical (unpaired) electrons. The van der Waals surface area contributed by atoms with Crippen molar-refractivity contribution in [2.24, 2.45) is 5.92 Å². The normalized spacial score (nSPS) is 25.7. The Morgan fingerprint density at radius 3 is 2.37 bits per heavy atom. The Bertz CT molecular complexity index is 573. The number of carboxylic acid groups (broad SMARTS) is 1. The van der Waals surface area contributed by atoms with Crippen molar-refractivity contribution in [3.05, 3.63) is 59.9 Å². The van der Waals surface area contributed by atoms with Gasteiger partial charge in [-0.3, -0.25) is 9.59 Å². The Hall–Kier alpha value is -2.40. The third-order valence-electron chi connectivity index (χ3n) is 2.97. The fraction of sp³-hybridized carbons (Fsp3) is 0.143. The lowest BCUT2D eigenvalue weighted by Crippen LogP contribution is -2.48. The van der Waals surface area contributed by atoms with Crippen LogP contribution in [0.4, 0.5) is 0 Å². The van der Waals surface area contributed by atoms with E-state index >= 15 is 0 Å². The van der Waals surface area contributed by atoms with Crippen LogP contribution in [0.2, 0.25) is 0 Å². The lowest BCUT2D eigenvalue weighted by molar-refractivity contribution is -0.144. The second kappa shape index (κ2) is 4.70. The predicted molar refractivity (Wildman–Crippen MR) is 66.7 cm³/mol. The van der Waals surface area contributed by atoms with Gasteiger partial charge in [0.2, 0.25) is 0 Å². The fourth-order valence-corrected chi connectivity index (χ4v) is 2.00. The van der Waals surface area contributed by atoms with Gasteiger partial charge in [-0.15, -0.1) is 0 Å². The molecule has 3 N–H and O–H groups in total. The molecule has 0 fully saturated rings. The predicted octanol–water partition coefficient (Wildman–Crippen LogP) is 1.31. The van der Waals surface area contributed by atoms with Crippen molar-refractivity contribution < 1.29 is 24.9 Å². The fourth-order valence-electron chi connectivity index (χ4n) is 2.00. The molecule has 0 aliphatic heterocycles. The molecular formula is C14H12O5. The van der Waals surface area contributed by atoms with Crippen molar-refractivity contribution in [1.29, 1.82) is 0 Å². The first-order chi connectivity index (χ1) is 8.95. The summed E-state index contributed by atoms with van der Waals surface area (Å²) in [5.41, 5.74) is -2.11. The molecule has 0 aromatic heterocycles. The van der Waals surface area contributed by atoms with Gasteiger partial charge >= 0.3 is 5.97 Å². The second-order valence-electron chi connectivity index (χ2n) is 4.26. The number of aliphatic hydroxyl groups is 2. The molecule has 1 aromatic carbocycles. The van der Waals surface area contributed by atoms with E-state index in [1.165, 1.54) is 12.1 Å². The van der Waals surface area contributed by atoms with Gasteiger partial charge in [0.15, 0.2) is 11.4 Å². The zero-order chi connectivity index (χ0) is 14.0. The van der Waals surface area contributed by atoms with Crippen LogP contribution in [0.25, 0.3) is 0 Å². The minimum atomic E-state index is -2.29. The first-order valence-electron chi connectivity index (χ1n) is 5.60. The monoisotopic (exact) mass is 260 g/mol. The third-order valence-corrected chi connectivity index (χ3v) is 2.97. The van der Waals surface area contributed by atoms with Crippen LogP contribution >= 0.6 is 0 Å². The van der Waals surface area contributed by atoms with Crippen molar-refractivity contribution in [1.82, 2.24) is 0 Å². The number of hydrogen-bond donors (Lipinski definition) is 3. The molecule has 0 saturated carbocycles. The van der Waals surface area contributed by atoms with Crippen molar-refractivity contribution >= 4 is 11.8 Å².